The maximum absolute atomic E-state index is 11.2. The Hall–Kier alpha value is -0.710. The third-order valence-corrected chi connectivity index (χ3v) is 3.02. The molecule has 68 valence electrons. The van der Waals surface area contributed by atoms with Crippen LogP contribution in [-0.2, 0) is 0 Å². The second-order valence-electron chi connectivity index (χ2n) is 2.83. The number of hydrogen-bond donors (Lipinski definition) is 0. The molecule has 0 bridgehead atoms. The molecule has 0 N–H and O–H groups in total. The summed E-state index contributed by atoms with van der Waals surface area (Å²) in [6, 6.07) is 3.53. The van der Waals surface area contributed by atoms with E-state index in [-0.39, 0.29) is 5.78 Å². The summed E-state index contributed by atoms with van der Waals surface area (Å²) in [6.45, 7) is 3.38. The predicted molar refractivity (Wildman–Crippen MR) is 59.3 cm³/mol. The van der Waals surface area contributed by atoms with E-state index in [1.165, 1.54) is 6.92 Å². The van der Waals surface area contributed by atoms with E-state index in [1.807, 2.05) is 29.5 Å². The Kier molecular flexibility index (Phi) is 3.19. The van der Waals surface area contributed by atoms with Gasteiger partial charge in [0.1, 0.15) is 0 Å². The first-order valence-electron chi connectivity index (χ1n) is 3.83. The molecule has 1 aromatic rings. The summed E-state index contributed by atoms with van der Waals surface area (Å²) in [5, 5.41) is 0. The number of hydrogen-bond acceptors (Lipinski definition) is 2. The molecule has 0 amide bonds. The zero-order chi connectivity index (χ0) is 10.0. The van der Waals surface area contributed by atoms with Crippen LogP contribution in [0.25, 0.3) is 0 Å². The van der Waals surface area contributed by atoms with Gasteiger partial charge in [0.05, 0.1) is 0 Å². The molecule has 0 unspecified atom stereocenters. The SMILES string of the molecule is CC(=O)c1c(C)ccc(C=O)c1I. The Labute approximate surface area is 90.5 Å². The van der Waals surface area contributed by atoms with E-state index in [0.29, 0.717) is 11.1 Å². The van der Waals surface area contributed by atoms with Crippen molar-refractivity contribution >= 4 is 34.7 Å². The summed E-state index contributed by atoms with van der Waals surface area (Å²) in [5.41, 5.74) is 2.16. The quantitative estimate of drug-likeness (QED) is 0.476. The monoisotopic (exact) mass is 288 g/mol. The molecule has 0 radical (unpaired) electrons. The largest absolute Gasteiger partial charge is 0.298 e. The van der Waals surface area contributed by atoms with Gasteiger partial charge in [0, 0.05) is 14.7 Å². The first-order chi connectivity index (χ1) is 6.07. The van der Waals surface area contributed by atoms with Crippen molar-refractivity contribution in [2.45, 2.75) is 13.8 Å². The zero-order valence-electron chi connectivity index (χ0n) is 7.43. The predicted octanol–water partition coefficient (Wildman–Crippen LogP) is 2.61. The van der Waals surface area contributed by atoms with Crippen LogP contribution >= 0.6 is 22.6 Å². The summed E-state index contributed by atoms with van der Waals surface area (Å²) < 4.78 is 0.750. The minimum absolute atomic E-state index is 0.00519. The van der Waals surface area contributed by atoms with Crippen LogP contribution in [0.1, 0.15) is 33.2 Å². The van der Waals surface area contributed by atoms with Crippen molar-refractivity contribution in [2.24, 2.45) is 0 Å². The fourth-order valence-corrected chi connectivity index (χ4v) is 2.32. The van der Waals surface area contributed by atoms with Crippen molar-refractivity contribution in [2.75, 3.05) is 0 Å². The smallest absolute Gasteiger partial charge is 0.161 e. The van der Waals surface area contributed by atoms with Gasteiger partial charge in [-0.25, -0.2) is 0 Å². The molecule has 0 fully saturated rings. The second-order valence-corrected chi connectivity index (χ2v) is 3.91. The highest BCUT2D eigenvalue weighted by Gasteiger charge is 2.11. The van der Waals surface area contributed by atoms with Gasteiger partial charge >= 0.3 is 0 Å². The molecule has 0 aromatic heterocycles. The fraction of sp³-hybridized carbons (Fsp3) is 0.200. The molecule has 13 heavy (non-hydrogen) atoms. The molecule has 0 spiro atoms. The van der Waals surface area contributed by atoms with E-state index < -0.39 is 0 Å². The van der Waals surface area contributed by atoms with Gasteiger partial charge in [-0.2, -0.15) is 0 Å². The van der Waals surface area contributed by atoms with Crippen molar-refractivity contribution < 1.29 is 9.59 Å². The molecule has 0 aliphatic heterocycles. The molecule has 2 nitrogen and oxygen atoms in total. The Morgan fingerprint density at radius 1 is 1.46 bits per heavy atom. The molecule has 3 heteroatoms. The lowest BCUT2D eigenvalue weighted by molar-refractivity contribution is 0.101. The number of halogens is 1. The normalized spacial score (nSPS) is 9.77. The maximum Gasteiger partial charge on any atom is 0.161 e. The molecule has 0 saturated heterocycles. The first kappa shape index (κ1) is 10.4. The molecule has 1 rings (SSSR count). The van der Waals surface area contributed by atoms with Gasteiger partial charge in [0.2, 0.25) is 0 Å². The Balaban J connectivity index is 3.47. The lowest BCUT2D eigenvalue weighted by Gasteiger charge is -2.06. The summed E-state index contributed by atoms with van der Waals surface area (Å²) >= 11 is 2.03. The van der Waals surface area contributed by atoms with Crippen LogP contribution in [0, 0.1) is 10.5 Å². The van der Waals surface area contributed by atoms with Crippen molar-refractivity contribution in [3.8, 4) is 0 Å². The van der Waals surface area contributed by atoms with Gasteiger partial charge in [0.25, 0.3) is 0 Å². The van der Waals surface area contributed by atoms with Gasteiger partial charge in [0.15, 0.2) is 12.1 Å². The number of aryl methyl sites for hydroxylation is 1. The van der Waals surface area contributed by atoms with E-state index >= 15 is 0 Å². The number of ketones is 1. The lowest BCUT2D eigenvalue weighted by Crippen LogP contribution is -2.02. The maximum atomic E-state index is 11.2. The van der Waals surface area contributed by atoms with Crippen molar-refractivity contribution in [1.29, 1.82) is 0 Å². The topological polar surface area (TPSA) is 34.1 Å². The van der Waals surface area contributed by atoms with Gasteiger partial charge in [-0.3, -0.25) is 9.59 Å². The van der Waals surface area contributed by atoms with Crippen molar-refractivity contribution in [3.05, 3.63) is 32.4 Å². The average Bonchev–Trinajstić information content (AvgIpc) is 2.04. The van der Waals surface area contributed by atoms with Gasteiger partial charge in [-0.1, -0.05) is 12.1 Å². The highest BCUT2D eigenvalue weighted by Crippen LogP contribution is 2.20. The second kappa shape index (κ2) is 4.00. The Bertz CT molecular complexity index is 369. The van der Waals surface area contributed by atoms with Gasteiger partial charge in [-0.15, -0.1) is 0 Å². The molecule has 0 atom stereocenters. The van der Waals surface area contributed by atoms with Gasteiger partial charge in [-0.05, 0) is 42.0 Å². The average molecular weight is 288 g/mol. The highest BCUT2D eigenvalue weighted by atomic mass is 127. The third kappa shape index (κ3) is 1.96. The van der Waals surface area contributed by atoms with Crippen molar-refractivity contribution in [1.82, 2.24) is 0 Å². The number of rotatable bonds is 2. The fourth-order valence-electron chi connectivity index (χ4n) is 1.21. The molecule has 0 saturated carbocycles. The third-order valence-electron chi connectivity index (χ3n) is 1.86. The van der Waals surface area contributed by atoms with E-state index in [9.17, 15) is 9.59 Å². The molecular formula is C10H9IO2. The van der Waals surface area contributed by atoms with Crippen LogP contribution in [0.15, 0.2) is 12.1 Å². The van der Waals surface area contributed by atoms with Crippen LogP contribution in [0.3, 0.4) is 0 Å². The standard InChI is InChI=1S/C10H9IO2/c1-6-3-4-8(5-12)10(11)9(6)7(2)13/h3-5H,1-2H3. The van der Waals surface area contributed by atoms with E-state index in [2.05, 4.69) is 0 Å². The summed E-state index contributed by atoms with van der Waals surface area (Å²) in [4.78, 5) is 21.8. The molecule has 0 aliphatic carbocycles. The summed E-state index contributed by atoms with van der Waals surface area (Å²) in [6.07, 6.45) is 0.771. The van der Waals surface area contributed by atoms with Crippen LogP contribution in [-0.4, -0.2) is 12.1 Å². The Morgan fingerprint density at radius 3 is 2.54 bits per heavy atom. The molecule has 1 aromatic carbocycles. The van der Waals surface area contributed by atoms with E-state index in [1.54, 1.807) is 12.1 Å². The Morgan fingerprint density at radius 2 is 2.08 bits per heavy atom. The number of benzene rings is 1. The molecular weight excluding hydrogens is 279 g/mol. The van der Waals surface area contributed by atoms with Crippen LogP contribution in [0.2, 0.25) is 0 Å². The molecule has 0 heterocycles. The number of carbonyl (C=O) groups is 2. The van der Waals surface area contributed by atoms with Crippen LogP contribution < -0.4 is 0 Å². The zero-order valence-corrected chi connectivity index (χ0v) is 9.58. The highest BCUT2D eigenvalue weighted by molar-refractivity contribution is 14.1. The first-order valence-corrected chi connectivity index (χ1v) is 4.91. The summed E-state index contributed by atoms with van der Waals surface area (Å²) in [5.74, 6) is 0.00519. The number of carbonyl (C=O) groups excluding carboxylic acids is 2. The minimum atomic E-state index is 0.00519. The van der Waals surface area contributed by atoms with Crippen LogP contribution in [0.5, 0.6) is 0 Å². The number of aldehydes is 1. The summed E-state index contributed by atoms with van der Waals surface area (Å²) in [7, 11) is 0. The van der Waals surface area contributed by atoms with Crippen molar-refractivity contribution in [3.63, 3.8) is 0 Å². The van der Waals surface area contributed by atoms with Gasteiger partial charge < -0.3 is 0 Å². The van der Waals surface area contributed by atoms with E-state index in [0.717, 1.165) is 15.4 Å². The number of Topliss-reactive ketones (excluding diaryl/α,β-unsaturated/α-hetero) is 1. The lowest BCUT2D eigenvalue weighted by atomic mass is 10.0. The molecule has 0 aliphatic rings. The minimum Gasteiger partial charge on any atom is -0.298 e. The van der Waals surface area contributed by atoms with E-state index in [4.69, 9.17) is 0 Å². The van der Waals surface area contributed by atoms with Crippen LogP contribution in [0.4, 0.5) is 0 Å².